The van der Waals surface area contributed by atoms with Crippen LogP contribution in [0, 0.1) is 5.82 Å². The SMILES string of the molecule is CC(=O)c1cc(NC(=O)CO)ccc1F. The summed E-state index contributed by atoms with van der Waals surface area (Å²) in [5.41, 5.74) is 0.186. The molecule has 0 aliphatic rings. The van der Waals surface area contributed by atoms with E-state index in [-0.39, 0.29) is 11.3 Å². The fraction of sp³-hybridized carbons (Fsp3) is 0.200. The first-order valence-corrected chi connectivity index (χ1v) is 4.26. The van der Waals surface area contributed by atoms with Crippen LogP contribution in [0.2, 0.25) is 0 Å². The number of nitrogens with one attached hydrogen (secondary N) is 1. The lowest BCUT2D eigenvalue weighted by atomic mass is 10.1. The number of amides is 1. The average molecular weight is 211 g/mol. The van der Waals surface area contributed by atoms with Crippen molar-refractivity contribution >= 4 is 17.4 Å². The fourth-order valence-electron chi connectivity index (χ4n) is 1.07. The van der Waals surface area contributed by atoms with Crippen LogP contribution in [-0.2, 0) is 4.79 Å². The lowest BCUT2D eigenvalue weighted by molar-refractivity contribution is -0.118. The molecule has 5 heteroatoms. The minimum absolute atomic E-state index is 0.0919. The summed E-state index contributed by atoms with van der Waals surface area (Å²) >= 11 is 0. The molecule has 0 unspecified atom stereocenters. The summed E-state index contributed by atoms with van der Waals surface area (Å²) in [6, 6.07) is 3.63. The standard InChI is InChI=1S/C10H10FNO3/c1-6(14)8-4-7(2-3-9(8)11)12-10(15)5-13/h2-4,13H,5H2,1H3,(H,12,15). The zero-order valence-corrected chi connectivity index (χ0v) is 8.08. The van der Waals surface area contributed by atoms with Gasteiger partial charge in [-0.3, -0.25) is 9.59 Å². The van der Waals surface area contributed by atoms with Crippen molar-refractivity contribution in [3.63, 3.8) is 0 Å². The van der Waals surface area contributed by atoms with Gasteiger partial charge in [-0.25, -0.2) is 4.39 Å². The topological polar surface area (TPSA) is 66.4 Å². The zero-order chi connectivity index (χ0) is 11.4. The lowest BCUT2D eigenvalue weighted by Gasteiger charge is -2.05. The van der Waals surface area contributed by atoms with Crippen molar-refractivity contribution in [3.8, 4) is 0 Å². The number of halogens is 1. The number of benzene rings is 1. The second kappa shape index (κ2) is 4.65. The van der Waals surface area contributed by atoms with E-state index in [1.165, 1.54) is 19.1 Å². The van der Waals surface area contributed by atoms with Gasteiger partial charge in [0.2, 0.25) is 5.91 Å². The highest BCUT2D eigenvalue weighted by atomic mass is 19.1. The molecule has 0 aliphatic heterocycles. The average Bonchev–Trinajstić information content (AvgIpc) is 2.20. The summed E-state index contributed by atoms with van der Waals surface area (Å²) in [4.78, 5) is 21.8. The van der Waals surface area contributed by atoms with Crippen molar-refractivity contribution in [1.29, 1.82) is 0 Å². The Morgan fingerprint density at radius 2 is 2.13 bits per heavy atom. The molecule has 0 bridgehead atoms. The predicted molar refractivity (Wildman–Crippen MR) is 52.1 cm³/mol. The largest absolute Gasteiger partial charge is 0.387 e. The molecular formula is C10H10FNO3. The molecule has 0 atom stereocenters. The Hall–Kier alpha value is -1.75. The van der Waals surface area contributed by atoms with Gasteiger partial charge < -0.3 is 10.4 Å². The summed E-state index contributed by atoms with van der Waals surface area (Å²) in [7, 11) is 0. The molecule has 1 amide bonds. The third kappa shape index (κ3) is 2.85. The molecule has 0 fully saturated rings. The molecule has 0 spiro atoms. The van der Waals surface area contributed by atoms with Crippen LogP contribution in [0.1, 0.15) is 17.3 Å². The third-order valence-corrected chi connectivity index (χ3v) is 1.77. The van der Waals surface area contributed by atoms with Crippen LogP contribution in [0.3, 0.4) is 0 Å². The molecule has 0 aromatic heterocycles. The molecular weight excluding hydrogens is 201 g/mol. The number of carbonyl (C=O) groups excluding carboxylic acids is 2. The van der Waals surface area contributed by atoms with Crippen LogP contribution < -0.4 is 5.32 Å². The number of ketones is 1. The van der Waals surface area contributed by atoms with Gasteiger partial charge >= 0.3 is 0 Å². The van der Waals surface area contributed by atoms with E-state index in [0.29, 0.717) is 0 Å². The smallest absolute Gasteiger partial charge is 0.250 e. The Kier molecular flexibility index (Phi) is 3.51. The number of aliphatic hydroxyl groups is 1. The molecule has 0 saturated heterocycles. The Bertz CT molecular complexity index is 404. The predicted octanol–water partition coefficient (Wildman–Crippen LogP) is 0.959. The van der Waals surface area contributed by atoms with Gasteiger partial charge in [-0.15, -0.1) is 0 Å². The molecule has 0 aliphatic carbocycles. The van der Waals surface area contributed by atoms with E-state index in [1.807, 2.05) is 0 Å². The highest BCUT2D eigenvalue weighted by Gasteiger charge is 2.09. The van der Waals surface area contributed by atoms with E-state index < -0.39 is 24.1 Å². The maximum Gasteiger partial charge on any atom is 0.250 e. The number of carbonyl (C=O) groups is 2. The minimum Gasteiger partial charge on any atom is -0.387 e. The quantitative estimate of drug-likeness (QED) is 0.732. The highest BCUT2D eigenvalue weighted by molar-refractivity contribution is 5.97. The van der Waals surface area contributed by atoms with Gasteiger partial charge in [0.05, 0.1) is 5.56 Å². The maximum absolute atomic E-state index is 13.1. The molecule has 1 rings (SSSR count). The lowest BCUT2D eigenvalue weighted by Crippen LogP contribution is -2.15. The van der Waals surface area contributed by atoms with Crippen molar-refractivity contribution in [2.45, 2.75) is 6.92 Å². The second-order valence-corrected chi connectivity index (χ2v) is 2.96. The minimum atomic E-state index is -0.660. The molecule has 0 heterocycles. The summed E-state index contributed by atoms with van der Waals surface area (Å²) in [5, 5.41) is 10.8. The fourth-order valence-corrected chi connectivity index (χ4v) is 1.07. The Morgan fingerprint density at radius 1 is 1.47 bits per heavy atom. The number of Topliss-reactive ketones (excluding diaryl/α,β-unsaturated/α-hetero) is 1. The monoisotopic (exact) mass is 211 g/mol. The van der Waals surface area contributed by atoms with Gasteiger partial charge in [0.1, 0.15) is 12.4 Å². The maximum atomic E-state index is 13.1. The highest BCUT2D eigenvalue weighted by Crippen LogP contribution is 2.15. The number of anilines is 1. The molecule has 1 aromatic carbocycles. The Balaban J connectivity index is 2.97. The van der Waals surface area contributed by atoms with Gasteiger partial charge in [0, 0.05) is 5.69 Å². The molecule has 0 saturated carbocycles. The number of rotatable bonds is 3. The number of aliphatic hydroxyl groups excluding tert-OH is 1. The van der Waals surface area contributed by atoms with Crippen molar-refractivity contribution in [2.75, 3.05) is 11.9 Å². The first-order chi connectivity index (χ1) is 7.04. The van der Waals surface area contributed by atoms with Crippen LogP contribution in [0.15, 0.2) is 18.2 Å². The van der Waals surface area contributed by atoms with Crippen LogP contribution in [0.25, 0.3) is 0 Å². The van der Waals surface area contributed by atoms with Crippen molar-refractivity contribution in [2.24, 2.45) is 0 Å². The second-order valence-electron chi connectivity index (χ2n) is 2.96. The van der Waals surface area contributed by atoms with E-state index in [9.17, 15) is 14.0 Å². The van der Waals surface area contributed by atoms with Crippen molar-refractivity contribution in [3.05, 3.63) is 29.6 Å². The normalized spacial score (nSPS) is 9.80. The number of hydrogen-bond acceptors (Lipinski definition) is 3. The van der Waals surface area contributed by atoms with Crippen molar-refractivity contribution < 1.29 is 19.1 Å². The molecule has 4 nitrogen and oxygen atoms in total. The Labute approximate surface area is 85.7 Å². The van der Waals surface area contributed by atoms with Crippen LogP contribution >= 0.6 is 0 Å². The molecule has 2 N–H and O–H groups in total. The van der Waals surface area contributed by atoms with E-state index in [4.69, 9.17) is 5.11 Å². The van der Waals surface area contributed by atoms with Crippen molar-refractivity contribution in [1.82, 2.24) is 0 Å². The number of hydrogen-bond donors (Lipinski definition) is 2. The van der Waals surface area contributed by atoms with E-state index >= 15 is 0 Å². The molecule has 80 valence electrons. The first kappa shape index (κ1) is 11.3. The van der Waals surface area contributed by atoms with Gasteiger partial charge in [0.15, 0.2) is 5.78 Å². The molecule has 15 heavy (non-hydrogen) atoms. The van der Waals surface area contributed by atoms with Crippen LogP contribution in [0.4, 0.5) is 10.1 Å². The van der Waals surface area contributed by atoms with Gasteiger partial charge in [-0.1, -0.05) is 0 Å². The molecule has 0 radical (unpaired) electrons. The van der Waals surface area contributed by atoms with Gasteiger partial charge in [-0.2, -0.15) is 0 Å². The van der Waals surface area contributed by atoms with E-state index in [0.717, 1.165) is 6.07 Å². The zero-order valence-electron chi connectivity index (χ0n) is 8.08. The summed E-state index contributed by atoms with van der Waals surface area (Å²) < 4.78 is 13.1. The summed E-state index contributed by atoms with van der Waals surface area (Å²) in [5.74, 6) is -1.67. The molecule has 1 aromatic rings. The summed E-state index contributed by atoms with van der Waals surface area (Å²) in [6.07, 6.45) is 0. The van der Waals surface area contributed by atoms with E-state index in [1.54, 1.807) is 0 Å². The van der Waals surface area contributed by atoms with Crippen LogP contribution in [0.5, 0.6) is 0 Å². The van der Waals surface area contributed by atoms with Crippen LogP contribution in [-0.4, -0.2) is 23.4 Å². The van der Waals surface area contributed by atoms with Gasteiger partial charge in [-0.05, 0) is 25.1 Å². The first-order valence-electron chi connectivity index (χ1n) is 4.26. The van der Waals surface area contributed by atoms with Gasteiger partial charge in [0.25, 0.3) is 0 Å². The van der Waals surface area contributed by atoms with E-state index in [2.05, 4.69) is 5.32 Å². The Morgan fingerprint density at radius 3 is 2.67 bits per heavy atom. The third-order valence-electron chi connectivity index (χ3n) is 1.77. The summed E-state index contributed by atoms with van der Waals surface area (Å²) in [6.45, 7) is 0.572.